The molecule has 174 valence electrons. The highest BCUT2D eigenvalue weighted by Crippen LogP contribution is 2.48. The van der Waals surface area contributed by atoms with Crippen molar-refractivity contribution in [3.63, 3.8) is 0 Å². The minimum Gasteiger partial charge on any atom is -0.349 e. The van der Waals surface area contributed by atoms with Crippen LogP contribution in [0, 0.1) is 5.92 Å². The van der Waals surface area contributed by atoms with Crippen LogP contribution < -0.4 is 5.32 Å². The highest BCUT2D eigenvalue weighted by molar-refractivity contribution is 7.14. The monoisotopic (exact) mass is 472 g/mol. The van der Waals surface area contributed by atoms with Crippen LogP contribution in [0.5, 0.6) is 0 Å². The topological polar surface area (TPSA) is 78.1 Å². The number of thiophene rings is 1. The molecule has 2 aliphatic rings. The van der Waals surface area contributed by atoms with E-state index in [9.17, 15) is 18.4 Å². The van der Waals surface area contributed by atoms with E-state index < -0.39 is 5.92 Å². The van der Waals surface area contributed by atoms with Crippen molar-refractivity contribution in [2.24, 2.45) is 5.92 Å². The quantitative estimate of drug-likeness (QED) is 0.538. The number of aromatic nitrogens is 2. The molecule has 1 saturated heterocycles. The minimum atomic E-state index is -2.68. The molecule has 0 unspecified atom stereocenters. The van der Waals surface area contributed by atoms with Gasteiger partial charge in [-0.1, -0.05) is 12.1 Å². The van der Waals surface area contributed by atoms with Crippen molar-refractivity contribution in [3.05, 3.63) is 52.0 Å². The number of alkyl halides is 2. The summed E-state index contributed by atoms with van der Waals surface area (Å²) in [4.78, 5) is 36.1. The molecule has 2 N–H and O–H groups in total. The third-order valence-corrected chi connectivity index (χ3v) is 7.81. The molecule has 6 nitrogen and oxygen atoms in total. The Morgan fingerprint density at radius 1 is 1.24 bits per heavy atom. The van der Waals surface area contributed by atoms with Gasteiger partial charge in [0.05, 0.1) is 22.0 Å². The van der Waals surface area contributed by atoms with E-state index in [2.05, 4.69) is 15.3 Å². The third-order valence-electron chi connectivity index (χ3n) is 6.55. The number of fused-ring (bicyclic) bond motifs is 1. The number of hydrogen-bond acceptors (Lipinski definition) is 4. The Morgan fingerprint density at radius 2 is 2.00 bits per heavy atom. The lowest BCUT2D eigenvalue weighted by Gasteiger charge is -2.31. The number of aromatic amines is 1. The fourth-order valence-corrected chi connectivity index (χ4v) is 5.44. The van der Waals surface area contributed by atoms with Gasteiger partial charge < -0.3 is 15.2 Å². The number of carbonyl (C=O) groups is 2. The van der Waals surface area contributed by atoms with E-state index in [1.807, 2.05) is 37.3 Å². The Morgan fingerprint density at radius 3 is 2.76 bits per heavy atom. The maximum absolute atomic E-state index is 13.4. The van der Waals surface area contributed by atoms with E-state index >= 15 is 0 Å². The van der Waals surface area contributed by atoms with E-state index in [0.717, 1.165) is 28.2 Å². The van der Waals surface area contributed by atoms with Crippen LogP contribution in [-0.4, -0.2) is 45.7 Å². The van der Waals surface area contributed by atoms with Crippen molar-refractivity contribution < 1.29 is 18.4 Å². The van der Waals surface area contributed by atoms with Gasteiger partial charge in [-0.05, 0) is 43.5 Å². The van der Waals surface area contributed by atoms with Crippen molar-refractivity contribution >= 4 is 34.2 Å². The van der Waals surface area contributed by atoms with Crippen molar-refractivity contribution in [1.29, 1.82) is 0 Å². The molecule has 1 aliphatic heterocycles. The lowest BCUT2D eigenvalue weighted by molar-refractivity contribution is -0.122. The van der Waals surface area contributed by atoms with Crippen LogP contribution >= 0.6 is 11.3 Å². The summed E-state index contributed by atoms with van der Waals surface area (Å²) < 4.78 is 26.7. The second kappa shape index (κ2) is 8.52. The number of H-pyrrole nitrogens is 1. The highest BCUT2D eigenvalue weighted by Gasteiger charge is 2.42. The van der Waals surface area contributed by atoms with Gasteiger partial charge in [0.2, 0.25) is 5.91 Å². The van der Waals surface area contributed by atoms with Crippen LogP contribution in [0.25, 0.3) is 11.0 Å². The summed E-state index contributed by atoms with van der Waals surface area (Å²) in [5.41, 5.74) is 1.95. The number of benzene rings is 1. The molecule has 0 bridgehead atoms. The van der Waals surface area contributed by atoms with Gasteiger partial charge in [0.25, 0.3) is 11.8 Å². The molecule has 2 fully saturated rings. The second-order valence-electron chi connectivity index (χ2n) is 9.08. The first-order chi connectivity index (χ1) is 15.8. The molecule has 0 spiro atoms. The summed E-state index contributed by atoms with van der Waals surface area (Å²) in [6, 6.07) is 11.2. The van der Waals surface area contributed by atoms with Crippen LogP contribution in [0.15, 0.2) is 36.4 Å². The van der Waals surface area contributed by atoms with Crippen LogP contribution in [-0.2, 0) is 4.79 Å². The normalized spacial score (nSPS) is 22.8. The number of nitrogens with zero attached hydrogens (tertiary/aromatic N) is 2. The van der Waals surface area contributed by atoms with E-state index in [1.165, 1.54) is 16.2 Å². The summed E-state index contributed by atoms with van der Waals surface area (Å²) in [5, 5.41) is 3.03. The molecular weight excluding hydrogens is 446 g/mol. The van der Waals surface area contributed by atoms with Crippen molar-refractivity contribution in [1.82, 2.24) is 20.2 Å². The maximum atomic E-state index is 13.4. The first kappa shape index (κ1) is 22.0. The molecule has 3 heterocycles. The lowest BCUT2D eigenvalue weighted by Crippen LogP contribution is -2.42. The molecule has 33 heavy (non-hydrogen) atoms. The summed E-state index contributed by atoms with van der Waals surface area (Å²) in [6.07, 6.45) is 0.790. The minimum absolute atomic E-state index is 0.0225. The molecule has 1 saturated carbocycles. The molecule has 1 aliphatic carbocycles. The van der Waals surface area contributed by atoms with Gasteiger partial charge in [-0.3, -0.25) is 9.59 Å². The van der Waals surface area contributed by atoms with Crippen molar-refractivity contribution in [2.75, 3.05) is 13.1 Å². The summed E-state index contributed by atoms with van der Waals surface area (Å²) in [6.45, 7) is 2.03. The molecule has 1 aromatic carbocycles. The van der Waals surface area contributed by atoms with E-state index in [1.54, 1.807) is 6.07 Å². The zero-order valence-corrected chi connectivity index (χ0v) is 19.1. The number of carbonyl (C=O) groups excluding carboxylic acids is 2. The van der Waals surface area contributed by atoms with Crippen molar-refractivity contribution in [3.8, 4) is 0 Å². The Kier molecular flexibility index (Phi) is 5.68. The number of hydrogen-bond donors (Lipinski definition) is 2. The van der Waals surface area contributed by atoms with E-state index in [-0.39, 0.29) is 55.6 Å². The first-order valence-corrected chi connectivity index (χ1v) is 12.1. The zero-order chi connectivity index (χ0) is 23.2. The molecule has 9 heteroatoms. The van der Waals surface area contributed by atoms with Gasteiger partial charge in [-0.2, -0.15) is 0 Å². The molecular formula is C24H26F2N4O2S. The predicted molar refractivity (Wildman–Crippen MR) is 123 cm³/mol. The molecule has 2 aromatic heterocycles. The van der Waals surface area contributed by atoms with E-state index in [4.69, 9.17) is 0 Å². The fraction of sp³-hybridized carbons (Fsp3) is 0.458. The van der Waals surface area contributed by atoms with Gasteiger partial charge in [-0.25, -0.2) is 13.8 Å². The zero-order valence-electron chi connectivity index (χ0n) is 18.3. The molecule has 0 radical (unpaired) electrons. The number of imidazole rings is 1. The maximum Gasteiger partial charge on any atom is 0.263 e. The van der Waals surface area contributed by atoms with E-state index in [0.29, 0.717) is 11.3 Å². The summed E-state index contributed by atoms with van der Waals surface area (Å²) >= 11 is 1.31. The number of likely N-dealkylation sites (tertiary alicyclic amines) is 1. The Hall–Kier alpha value is -2.81. The van der Waals surface area contributed by atoms with Crippen LogP contribution in [0.2, 0.25) is 0 Å². The average Bonchev–Trinajstić information content (AvgIpc) is 3.19. The first-order valence-electron chi connectivity index (χ1n) is 11.3. The molecule has 2 amide bonds. The van der Waals surface area contributed by atoms with Gasteiger partial charge in [0.1, 0.15) is 5.82 Å². The Labute approximate surface area is 194 Å². The van der Waals surface area contributed by atoms with Gasteiger partial charge in [0.15, 0.2) is 0 Å². The SMILES string of the molecule is C[C@@H](NC(=O)C[C@@H]1C[C@@H]1c1nc2ccccc2[nH]1)c1ccc(C(=O)N2CCC(F)(F)CC2)s1. The molecule has 3 aromatic rings. The fourth-order valence-electron chi connectivity index (χ4n) is 4.46. The van der Waals surface area contributed by atoms with Crippen LogP contribution in [0.1, 0.15) is 64.9 Å². The lowest BCUT2D eigenvalue weighted by atomic mass is 10.1. The van der Waals surface area contributed by atoms with Gasteiger partial charge >= 0.3 is 0 Å². The van der Waals surface area contributed by atoms with Crippen LogP contribution in [0.4, 0.5) is 8.78 Å². The number of rotatable bonds is 6. The molecule has 3 atom stereocenters. The number of nitrogens with one attached hydrogen (secondary N) is 2. The molecule has 5 rings (SSSR count). The largest absolute Gasteiger partial charge is 0.349 e. The average molecular weight is 473 g/mol. The number of amides is 2. The number of para-hydroxylation sites is 2. The Balaban J connectivity index is 1.13. The highest BCUT2D eigenvalue weighted by atomic mass is 32.1. The predicted octanol–water partition coefficient (Wildman–Crippen LogP) is 4.87. The number of halogens is 2. The van der Waals surface area contributed by atoms with Gasteiger partial charge in [0, 0.05) is 43.1 Å². The Bertz CT molecular complexity index is 1150. The standard InChI is InChI=1S/C24H26F2N4O2S/c1-14(19-6-7-20(33-19)23(32)30-10-8-24(25,26)9-11-30)27-21(31)13-15-12-16(15)22-28-17-4-2-3-5-18(17)29-22/h2-7,14-16H,8-13H2,1H3,(H,27,31)(H,28,29)/t14-,15+,16+/m1/s1. The van der Waals surface area contributed by atoms with Gasteiger partial charge in [-0.15, -0.1) is 11.3 Å². The number of piperidine rings is 1. The third kappa shape index (κ3) is 4.78. The smallest absolute Gasteiger partial charge is 0.263 e. The van der Waals surface area contributed by atoms with Crippen molar-refractivity contribution in [2.45, 2.75) is 50.5 Å². The summed E-state index contributed by atoms with van der Waals surface area (Å²) in [7, 11) is 0. The summed E-state index contributed by atoms with van der Waals surface area (Å²) in [5.74, 6) is -1.42. The van der Waals surface area contributed by atoms with Crippen LogP contribution in [0.3, 0.4) is 0 Å². The second-order valence-corrected chi connectivity index (χ2v) is 10.2.